The molecule has 15 heavy (non-hydrogen) atoms. The van der Waals surface area contributed by atoms with Crippen molar-refractivity contribution < 1.29 is 4.74 Å². The number of rotatable bonds is 3. The first-order chi connectivity index (χ1) is 6.97. The quantitative estimate of drug-likeness (QED) is 0.623. The third-order valence-corrected chi connectivity index (χ3v) is 3.77. The Kier molecular flexibility index (Phi) is 4.73. The smallest absolute Gasteiger partial charge is 0.158 e. The van der Waals surface area contributed by atoms with E-state index in [1.165, 1.54) is 0 Å². The van der Waals surface area contributed by atoms with Gasteiger partial charge in [0.2, 0.25) is 0 Å². The zero-order valence-corrected chi connectivity index (χ0v) is 12.1. The summed E-state index contributed by atoms with van der Waals surface area (Å²) < 4.78 is 6.11. The Morgan fingerprint density at radius 3 is 2.33 bits per heavy atom. The Labute approximate surface area is 109 Å². The van der Waals surface area contributed by atoms with E-state index in [9.17, 15) is 0 Å². The lowest BCUT2D eigenvalue weighted by atomic mass is 10.1. The standard InChI is InChI=1S/C10H14ClIN2O/c1-5(2)8-7(12)9(11)14-10(13-8)6(3)15-4/h5-6H,1-4H3. The van der Waals surface area contributed by atoms with Crippen LogP contribution in [-0.4, -0.2) is 17.1 Å². The van der Waals surface area contributed by atoms with Crippen molar-refractivity contribution in [1.29, 1.82) is 0 Å². The number of aromatic nitrogens is 2. The van der Waals surface area contributed by atoms with E-state index in [4.69, 9.17) is 16.3 Å². The molecule has 1 heterocycles. The van der Waals surface area contributed by atoms with Crippen molar-refractivity contribution in [3.63, 3.8) is 0 Å². The summed E-state index contributed by atoms with van der Waals surface area (Å²) in [6.45, 7) is 6.08. The highest BCUT2D eigenvalue weighted by Gasteiger charge is 2.16. The summed E-state index contributed by atoms with van der Waals surface area (Å²) in [5.74, 6) is 0.979. The molecule has 0 aliphatic rings. The molecule has 84 valence electrons. The fourth-order valence-electron chi connectivity index (χ4n) is 1.12. The molecule has 0 saturated carbocycles. The molecule has 1 rings (SSSR count). The van der Waals surface area contributed by atoms with Crippen LogP contribution in [0.5, 0.6) is 0 Å². The van der Waals surface area contributed by atoms with Gasteiger partial charge in [-0.25, -0.2) is 9.97 Å². The molecule has 0 amide bonds. The van der Waals surface area contributed by atoms with E-state index < -0.39 is 0 Å². The predicted octanol–water partition coefficient (Wildman–Crippen LogP) is 3.57. The second-order valence-corrected chi connectivity index (χ2v) is 5.04. The summed E-state index contributed by atoms with van der Waals surface area (Å²) in [6.07, 6.45) is -0.128. The molecule has 0 saturated heterocycles. The van der Waals surface area contributed by atoms with E-state index in [0.717, 1.165) is 9.26 Å². The van der Waals surface area contributed by atoms with Crippen LogP contribution in [0.25, 0.3) is 0 Å². The Morgan fingerprint density at radius 2 is 1.87 bits per heavy atom. The molecule has 0 aromatic carbocycles. The molecular weight excluding hydrogens is 326 g/mol. The highest BCUT2D eigenvalue weighted by molar-refractivity contribution is 14.1. The molecule has 5 heteroatoms. The average molecular weight is 341 g/mol. The van der Waals surface area contributed by atoms with Gasteiger partial charge in [-0.05, 0) is 35.4 Å². The second-order valence-electron chi connectivity index (χ2n) is 3.60. The van der Waals surface area contributed by atoms with Crippen molar-refractivity contribution in [3.8, 4) is 0 Å². The van der Waals surface area contributed by atoms with E-state index in [1.54, 1.807) is 7.11 Å². The molecule has 0 radical (unpaired) electrons. The molecule has 3 nitrogen and oxygen atoms in total. The van der Waals surface area contributed by atoms with Gasteiger partial charge < -0.3 is 4.74 Å². The maximum absolute atomic E-state index is 6.05. The van der Waals surface area contributed by atoms with Crippen molar-refractivity contribution in [1.82, 2.24) is 9.97 Å². The number of ether oxygens (including phenoxy) is 1. The number of hydrogen-bond acceptors (Lipinski definition) is 3. The molecular formula is C10H14ClIN2O. The Bertz CT molecular complexity index is 358. The lowest BCUT2D eigenvalue weighted by Crippen LogP contribution is -2.09. The minimum Gasteiger partial charge on any atom is -0.374 e. The molecule has 0 N–H and O–H groups in total. The zero-order valence-electron chi connectivity index (χ0n) is 9.21. The summed E-state index contributed by atoms with van der Waals surface area (Å²) in [5, 5.41) is 0.508. The summed E-state index contributed by atoms with van der Waals surface area (Å²) in [6, 6.07) is 0. The van der Waals surface area contributed by atoms with Crippen LogP contribution < -0.4 is 0 Å². The SMILES string of the molecule is COC(C)c1nc(Cl)c(I)c(C(C)C)n1. The molecule has 1 aromatic rings. The van der Waals surface area contributed by atoms with Crippen LogP contribution in [0.15, 0.2) is 0 Å². The van der Waals surface area contributed by atoms with Gasteiger partial charge in [-0.1, -0.05) is 25.4 Å². The molecule has 0 aliphatic carbocycles. The highest BCUT2D eigenvalue weighted by Crippen LogP contribution is 2.26. The van der Waals surface area contributed by atoms with Crippen molar-refractivity contribution in [2.75, 3.05) is 7.11 Å². The van der Waals surface area contributed by atoms with Crippen LogP contribution in [0.2, 0.25) is 5.15 Å². The van der Waals surface area contributed by atoms with E-state index in [1.807, 2.05) is 6.92 Å². The monoisotopic (exact) mass is 340 g/mol. The van der Waals surface area contributed by atoms with Gasteiger partial charge in [0.1, 0.15) is 11.3 Å². The fraction of sp³-hybridized carbons (Fsp3) is 0.600. The Balaban J connectivity index is 3.23. The normalized spacial score (nSPS) is 13.3. The maximum atomic E-state index is 6.05. The molecule has 1 unspecified atom stereocenters. The molecule has 1 aromatic heterocycles. The number of nitrogens with zero attached hydrogens (tertiary/aromatic N) is 2. The molecule has 1 atom stereocenters. The third kappa shape index (κ3) is 3.01. The molecule has 0 spiro atoms. The van der Waals surface area contributed by atoms with E-state index in [0.29, 0.717) is 16.9 Å². The topological polar surface area (TPSA) is 35.0 Å². The number of hydrogen-bond donors (Lipinski definition) is 0. The van der Waals surface area contributed by atoms with Crippen molar-refractivity contribution >= 4 is 34.2 Å². The van der Waals surface area contributed by atoms with Crippen LogP contribution in [0.1, 0.15) is 44.3 Å². The maximum Gasteiger partial charge on any atom is 0.158 e. The largest absolute Gasteiger partial charge is 0.374 e. The van der Waals surface area contributed by atoms with Crippen LogP contribution in [0.4, 0.5) is 0 Å². The summed E-state index contributed by atoms with van der Waals surface area (Å²) in [7, 11) is 1.63. The van der Waals surface area contributed by atoms with Crippen LogP contribution in [0, 0.1) is 3.57 Å². The van der Waals surface area contributed by atoms with Crippen LogP contribution in [0.3, 0.4) is 0 Å². The first-order valence-electron chi connectivity index (χ1n) is 4.73. The molecule has 0 fully saturated rings. The van der Waals surface area contributed by atoms with E-state index in [2.05, 4.69) is 46.4 Å². The number of halogens is 2. The lowest BCUT2D eigenvalue weighted by Gasteiger charge is -2.13. The van der Waals surface area contributed by atoms with Crippen molar-refractivity contribution in [2.45, 2.75) is 32.8 Å². The minimum absolute atomic E-state index is 0.128. The minimum atomic E-state index is -0.128. The molecule has 0 aliphatic heterocycles. The van der Waals surface area contributed by atoms with Crippen molar-refractivity contribution in [2.24, 2.45) is 0 Å². The van der Waals surface area contributed by atoms with Gasteiger partial charge >= 0.3 is 0 Å². The molecule has 0 bridgehead atoms. The van der Waals surface area contributed by atoms with Gasteiger partial charge in [-0.3, -0.25) is 0 Å². The highest BCUT2D eigenvalue weighted by atomic mass is 127. The first kappa shape index (κ1) is 13.1. The lowest BCUT2D eigenvalue weighted by molar-refractivity contribution is 0.111. The van der Waals surface area contributed by atoms with Crippen molar-refractivity contribution in [3.05, 3.63) is 20.2 Å². The summed E-state index contributed by atoms with van der Waals surface area (Å²) in [4.78, 5) is 8.68. The second kappa shape index (κ2) is 5.41. The van der Waals surface area contributed by atoms with Gasteiger partial charge in [-0.15, -0.1) is 0 Å². The number of methoxy groups -OCH3 is 1. The van der Waals surface area contributed by atoms with Crippen LogP contribution >= 0.6 is 34.2 Å². The van der Waals surface area contributed by atoms with Crippen LogP contribution in [-0.2, 0) is 4.74 Å². The fourth-order valence-corrected chi connectivity index (χ4v) is 2.17. The predicted molar refractivity (Wildman–Crippen MR) is 69.3 cm³/mol. The zero-order chi connectivity index (χ0) is 11.6. The van der Waals surface area contributed by atoms with Gasteiger partial charge in [0, 0.05) is 7.11 Å². The Hall–Kier alpha value is 0.0600. The van der Waals surface area contributed by atoms with Gasteiger partial charge in [0.25, 0.3) is 0 Å². The van der Waals surface area contributed by atoms with E-state index in [-0.39, 0.29) is 6.10 Å². The van der Waals surface area contributed by atoms with E-state index >= 15 is 0 Å². The summed E-state index contributed by atoms with van der Waals surface area (Å²) in [5.41, 5.74) is 0.981. The first-order valence-corrected chi connectivity index (χ1v) is 6.18. The Morgan fingerprint density at radius 1 is 1.27 bits per heavy atom. The van der Waals surface area contributed by atoms with Gasteiger partial charge in [0.15, 0.2) is 5.82 Å². The summed E-state index contributed by atoms with van der Waals surface area (Å²) >= 11 is 8.22. The van der Waals surface area contributed by atoms with Gasteiger partial charge in [-0.2, -0.15) is 0 Å². The average Bonchev–Trinajstić information content (AvgIpc) is 2.20. The third-order valence-electron chi connectivity index (χ3n) is 2.12. The van der Waals surface area contributed by atoms with Gasteiger partial charge in [0.05, 0.1) is 9.26 Å².